The molecule has 0 aliphatic heterocycles. The standard InChI is InChI=1S/C8H9BrO3/c1-11-7-4-8(12-2)6(10)3-5(7)9/h3-4,10H,1-2H3. The minimum absolute atomic E-state index is 0.0881. The molecule has 0 bridgehead atoms. The molecule has 1 rings (SSSR count). The molecule has 12 heavy (non-hydrogen) atoms. The van der Waals surface area contributed by atoms with E-state index in [2.05, 4.69) is 15.9 Å². The van der Waals surface area contributed by atoms with Gasteiger partial charge in [-0.25, -0.2) is 0 Å². The van der Waals surface area contributed by atoms with Gasteiger partial charge >= 0.3 is 0 Å². The third-order valence-electron chi connectivity index (χ3n) is 1.45. The molecule has 0 amide bonds. The summed E-state index contributed by atoms with van der Waals surface area (Å²) in [5.74, 6) is 1.12. The van der Waals surface area contributed by atoms with Crippen molar-refractivity contribution in [2.24, 2.45) is 0 Å². The van der Waals surface area contributed by atoms with Gasteiger partial charge in [-0.05, 0) is 15.9 Å². The number of ether oxygens (including phenoxy) is 2. The van der Waals surface area contributed by atoms with E-state index in [1.54, 1.807) is 13.2 Å². The van der Waals surface area contributed by atoms with Crippen LogP contribution in [0.3, 0.4) is 0 Å². The van der Waals surface area contributed by atoms with Crippen molar-refractivity contribution in [2.45, 2.75) is 0 Å². The molecular weight excluding hydrogens is 224 g/mol. The zero-order chi connectivity index (χ0) is 9.14. The average molecular weight is 233 g/mol. The fourth-order valence-corrected chi connectivity index (χ4v) is 1.34. The van der Waals surface area contributed by atoms with Crippen molar-refractivity contribution < 1.29 is 14.6 Å². The molecule has 0 radical (unpaired) electrons. The summed E-state index contributed by atoms with van der Waals surface area (Å²) >= 11 is 3.23. The van der Waals surface area contributed by atoms with E-state index in [4.69, 9.17) is 9.47 Å². The van der Waals surface area contributed by atoms with Gasteiger partial charge in [0.05, 0.1) is 18.7 Å². The zero-order valence-corrected chi connectivity index (χ0v) is 8.38. The first-order valence-electron chi connectivity index (χ1n) is 3.29. The highest BCUT2D eigenvalue weighted by molar-refractivity contribution is 9.10. The topological polar surface area (TPSA) is 38.7 Å². The Morgan fingerprint density at radius 2 is 1.75 bits per heavy atom. The van der Waals surface area contributed by atoms with Gasteiger partial charge < -0.3 is 14.6 Å². The summed E-state index contributed by atoms with van der Waals surface area (Å²) in [6.07, 6.45) is 0. The number of halogens is 1. The normalized spacial score (nSPS) is 9.58. The Kier molecular flexibility index (Phi) is 2.81. The molecule has 1 N–H and O–H groups in total. The van der Waals surface area contributed by atoms with Crippen LogP contribution in [0.5, 0.6) is 17.2 Å². The van der Waals surface area contributed by atoms with Crippen molar-refractivity contribution in [3.63, 3.8) is 0 Å². The van der Waals surface area contributed by atoms with E-state index in [0.29, 0.717) is 16.0 Å². The van der Waals surface area contributed by atoms with Crippen molar-refractivity contribution in [1.82, 2.24) is 0 Å². The van der Waals surface area contributed by atoms with Crippen LogP contribution in [0, 0.1) is 0 Å². The van der Waals surface area contributed by atoms with Crippen LogP contribution < -0.4 is 9.47 Å². The molecule has 66 valence electrons. The van der Waals surface area contributed by atoms with Crippen LogP contribution in [0.1, 0.15) is 0 Å². The lowest BCUT2D eigenvalue weighted by Gasteiger charge is -2.07. The highest BCUT2D eigenvalue weighted by Crippen LogP contribution is 2.36. The summed E-state index contributed by atoms with van der Waals surface area (Å²) < 4.78 is 10.6. The number of phenolic OH excluding ortho intramolecular Hbond substituents is 1. The number of methoxy groups -OCH3 is 2. The zero-order valence-electron chi connectivity index (χ0n) is 6.80. The number of benzene rings is 1. The van der Waals surface area contributed by atoms with Crippen molar-refractivity contribution >= 4 is 15.9 Å². The maximum Gasteiger partial charge on any atom is 0.164 e. The van der Waals surface area contributed by atoms with E-state index in [-0.39, 0.29) is 5.75 Å². The summed E-state index contributed by atoms with van der Waals surface area (Å²) in [5.41, 5.74) is 0. The second-order valence-electron chi connectivity index (χ2n) is 2.16. The number of aromatic hydroxyl groups is 1. The van der Waals surface area contributed by atoms with Gasteiger partial charge in [0, 0.05) is 12.1 Å². The van der Waals surface area contributed by atoms with E-state index < -0.39 is 0 Å². The van der Waals surface area contributed by atoms with Gasteiger partial charge in [-0.3, -0.25) is 0 Å². The largest absolute Gasteiger partial charge is 0.504 e. The van der Waals surface area contributed by atoms with E-state index in [1.807, 2.05) is 0 Å². The lowest BCUT2D eigenvalue weighted by molar-refractivity contribution is 0.363. The molecule has 0 atom stereocenters. The Balaban J connectivity index is 3.18. The predicted molar refractivity (Wildman–Crippen MR) is 48.9 cm³/mol. The minimum Gasteiger partial charge on any atom is -0.504 e. The number of hydrogen-bond donors (Lipinski definition) is 1. The Labute approximate surface area is 79.1 Å². The Bertz CT molecular complexity index is 261. The average Bonchev–Trinajstić information content (AvgIpc) is 2.05. The SMILES string of the molecule is COc1cc(OC)c(Br)cc1O. The van der Waals surface area contributed by atoms with Crippen molar-refractivity contribution in [3.05, 3.63) is 16.6 Å². The summed E-state index contributed by atoms with van der Waals surface area (Å²) in [6.45, 7) is 0. The highest BCUT2D eigenvalue weighted by atomic mass is 79.9. The summed E-state index contributed by atoms with van der Waals surface area (Å²) in [5, 5.41) is 9.30. The van der Waals surface area contributed by atoms with E-state index in [0.717, 1.165) is 0 Å². The number of hydrogen-bond acceptors (Lipinski definition) is 3. The molecule has 0 fully saturated rings. The molecule has 0 spiro atoms. The van der Waals surface area contributed by atoms with Crippen LogP contribution in [0.2, 0.25) is 0 Å². The molecule has 0 saturated heterocycles. The molecule has 3 nitrogen and oxygen atoms in total. The van der Waals surface area contributed by atoms with Crippen molar-refractivity contribution in [1.29, 1.82) is 0 Å². The Hall–Kier alpha value is -0.900. The first-order chi connectivity index (χ1) is 5.69. The van der Waals surface area contributed by atoms with Crippen LogP contribution >= 0.6 is 15.9 Å². The molecule has 0 aliphatic rings. The van der Waals surface area contributed by atoms with E-state index in [1.165, 1.54) is 13.2 Å². The Morgan fingerprint density at radius 3 is 2.25 bits per heavy atom. The van der Waals surface area contributed by atoms with E-state index in [9.17, 15) is 5.11 Å². The van der Waals surface area contributed by atoms with Gasteiger partial charge in [-0.1, -0.05) is 0 Å². The van der Waals surface area contributed by atoms with Crippen LogP contribution in [-0.2, 0) is 0 Å². The monoisotopic (exact) mass is 232 g/mol. The molecule has 0 unspecified atom stereocenters. The van der Waals surface area contributed by atoms with Gasteiger partial charge in [-0.2, -0.15) is 0 Å². The second-order valence-corrected chi connectivity index (χ2v) is 3.01. The predicted octanol–water partition coefficient (Wildman–Crippen LogP) is 2.17. The van der Waals surface area contributed by atoms with Gasteiger partial charge in [0.15, 0.2) is 11.5 Å². The quantitative estimate of drug-likeness (QED) is 0.850. The fraction of sp³-hybridized carbons (Fsp3) is 0.250. The third-order valence-corrected chi connectivity index (χ3v) is 2.07. The van der Waals surface area contributed by atoms with Gasteiger partial charge in [0.25, 0.3) is 0 Å². The first kappa shape index (κ1) is 9.19. The lowest BCUT2D eigenvalue weighted by atomic mass is 10.3. The van der Waals surface area contributed by atoms with Gasteiger partial charge in [0.2, 0.25) is 0 Å². The van der Waals surface area contributed by atoms with Crippen LogP contribution in [0.25, 0.3) is 0 Å². The molecular formula is C8H9BrO3. The molecule has 4 heteroatoms. The number of rotatable bonds is 2. The summed E-state index contributed by atoms with van der Waals surface area (Å²) in [7, 11) is 3.04. The van der Waals surface area contributed by atoms with Gasteiger partial charge in [-0.15, -0.1) is 0 Å². The molecule has 0 heterocycles. The maximum absolute atomic E-state index is 9.30. The van der Waals surface area contributed by atoms with Crippen LogP contribution in [0.15, 0.2) is 16.6 Å². The molecule has 0 saturated carbocycles. The second kappa shape index (κ2) is 3.67. The summed E-state index contributed by atoms with van der Waals surface area (Å²) in [6, 6.07) is 3.14. The fourth-order valence-electron chi connectivity index (χ4n) is 0.844. The molecule has 1 aromatic carbocycles. The van der Waals surface area contributed by atoms with Crippen LogP contribution in [0.4, 0.5) is 0 Å². The number of phenols is 1. The third kappa shape index (κ3) is 1.64. The maximum atomic E-state index is 9.30. The first-order valence-corrected chi connectivity index (χ1v) is 4.09. The van der Waals surface area contributed by atoms with Crippen molar-refractivity contribution in [3.8, 4) is 17.2 Å². The minimum atomic E-state index is 0.0881. The molecule has 0 aromatic heterocycles. The van der Waals surface area contributed by atoms with Crippen LogP contribution in [-0.4, -0.2) is 19.3 Å². The van der Waals surface area contributed by atoms with Gasteiger partial charge in [0.1, 0.15) is 5.75 Å². The summed E-state index contributed by atoms with van der Waals surface area (Å²) in [4.78, 5) is 0. The van der Waals surface area contributed by atoms with Crippen molar-refractivity contribution in [2.75, 3.05) is 14.2 Å². The lowest BCUT2D eigenvalue weighted by Crippen LogP contribution is -1.88. The highest BCUT2D eigenvalue weighted by Gasteiger charge is 2.07. The molecule has 0 aliphatic carbocycles. The smallest absolute Gasteiger partial charge is 0.164 e. The molecule has 1 aromatic rings. The van der Waals surface area contributed by atoms with E-state index >= 15 is 0 Å². The Morgan fingerprint density at radius 1 is 1.17 bits per heavy atom.